The van der Waals surface area contributed by atoms with Gasteiger partial charge in [0.05, 0.1) is 12.2 Å². The van der Waals surface area contributed by atoms with Crippen LogP contribution in [0.3, 0.4) is 0 Å². The van der Waals surface area contributed by atoms with Gasteiger partial charge in [-0.1, -0.05) is 6.92 Å². The molecule has 1 atom stereocenters. The Balaban J connectivity index is 2.33. The van der Waals surface area contributed by atoms with Gasteiger partial charge in [0.1, 0.15) is 5.82 Å². The lowest BCUT2D eigenvalue weighted by atomic mass is 10.0. The molecule has 1 N–H and O–H groups in total. The number of aromatic nitrogens is 1. The average Bonchev–Trinajstić information content (AvgIpc) is 2.77. The molecule has 96 valence electrons. The zero-order valence-corrected chi connectivity index (χ0v) is 12.4. The van der Waals surface area contributed by atoms with Crippen molar-refractivity contribution in [2.24, 2.45) is 0 Å². The molecule has 2 aromatic heterocycles. The normalized spacial score (nSPS) is 12.6. The van der Waals surface area contributed by atoms with Gasteiger partial charge in [0.25, 0.3) is 0 Å². The third-order valence-corrected chi connectivity index (χ3v) is 4.36. The van der Waals surface area contributed by atoms with Crippen LogP contribution < -0.4 is 5.32 Å². The maximum atomic E-state index is 13.3. The molecule has 0 aromatic carbocycles. The summed E-state index contributed by atoms with van der Waals surface area (Å²) >= 11 is 5.16. The summed E-state index contributed by atoms with van der Waals surface area (Å²) in [4.78, 5) is 3.93. The number of nitrogens with one attached hydrogen (secondary N) is 1. The minimum Gasteiger partial charge on any atom is -0.306 e. The van der Waals surface area contributed by atoms with Crippen molar-refractivity contribution in [3.63, 3.8) is 0 Å². The third kappa shape index (κ3) is 3.16. The van der Waals surface area contributed by atoms with Crippen LogP contribution in [0.15, 0.2) is 33.7 Å². The van der Waals surface area contributed by atoms with Crippen molar-refractivity contribution < 1.29 is 4.39 Å². The maximum Gasteiger partial charge on any atom is 0.141 e. The van der Waals surface area contributed by atoms with Gasteiger partial charge in [-0.15, -0.1) is 0 Å². The monoisotopic (exact) mass is 328 g/mol. The molecule has 0 radical (unpaired) electrons. The lowest BCUT2D eigenvalue weighted by Crippen LogP contribution is -2.23. The second-order valence-electron chi connectivity index (χ2n) is 4.00. The highest BCUT2D eigenvalue weighted by atomic mass is 79.9. The smallest absolute Gasteiger partial charge is 0.141 e. The maximum absolute atomic E-state index is 13.3. The minimum atomic E-state index is -0.304. The van der Waals surface area contributed by atoms with Gasteiger partial charge in [-0.05, 0) is 51.5 Å². The van der Waals surface area contributed by atoms with E-state index >= 15 is 0 Å². The number of pyridine rings is 1. The first kappa shape index (κ1) is 13.6. The zero-order chi connectivity index (χ0) is 13.0. The first-order valence-electron chi connectivity index (χ1n) is 5.77. The lowest BCUT2D eigenvalue weighted by Gasteiger charge is -2.18. The van der Waals surface area contributed by atoms with Gasteiger partial charge < -0.3 is 5.32 Å². The van der Waals surface area contributed by atoms with Crippen LogP contribution in [-0.4, -0.2) is 11.5 Å². The summed E-state index contributed by atoms with van der Waals surface area (Å²) in [5, 5.41) is 7.53. The molecule has 0 fully saturated rings. The summed E-state index contributed by atoms with van der Waals surface area (Å²) in [5.74, 6) is -0.304. The molecular formula is C13H14BrFN2S. The SMILES string of the molecule is CCCNC(c1cncc(F)c1)c1cscc1Br. The Labute approximate surface area is 118 Å². The van der Waals surface area contributed by atoms with Gasteiger partial charge in [0.15, 0.2) is 0 Å². The van der Waals surface area contributed by atoms with E-state index in [0.717, 1.165) is 28.6 Å². The van der Waals surface area contributed by atoms with Gasteiger partial charge >= 0.3 is 0 Å². The van der Waals surface area contributed by atoms with E-state index in [2.05, 4.69) is 38.5 Å². The zero-order valence-electron chi connectivity index (χ0n) is 9.99. The summed E-state index contributed by atoms with van der Waals surface area (Å²) in [6, 6.07) is 1.51. The van der Waals surface area contributed by atoms with E-state index < -0.39 is 0 Å². The summed E-state index contributed by atoms with van der Waals surface area (Å²) in [6.45, 7) is 2.99. The van der Waals surface area contributed by atoms with Gasteiger partial charge in [-0.25, -0.2) is 4.39 Å². The second kappa shape index (κ2) is 6.41. The van der Waals surface area contributed by atoms with Gasteiger partial charge in [-0.2, -0.15) is 11.3 Å². The van der Waals surface area contributed by atoms with Crippen molar-refractivity contribution in [1.82, 2.24) is 10.3 Å². The largest absolute Gasteiger partial charge is 0.306 e. The van der Waals surface area contributed by atoms with Gasteiger partial charge in [0.2, 0.25) is 0 Å². The molecule has 5 heteroatoms. The first-order chi connectivity index (χ1) is 8.72. The molecular weight excluding hydrogens is 315 g/mol. The standard InChI is InChI=1S/C13H14BrFN2S/c1-2-3-17-13(11-7-18-8-12(11)14)9-4-10(15)6-16-5-9/h4-8,13,17H,2-3H2,1H3. The molecule has 2 aromatic rings. The molecule has 2 nitrogen and oxygen atoms in total. The summed E-state index contributed by atoms with van der Waals surface area (Å²) in [7, 11) is 0. The first-order valence-corrected chi connectivity index (χ1v) is 7.51. The molecule has 0 amide bonds. The van der Waals surface area contributed by atoms with E-state index in [9.17, 15) is 4.39 Å². The van der Waals surface area contributed by atoms with Gasteiger partial charge in [-0.3, -0.25) is 4.98 Å². The van der Waals surface area contributed by atoms with E-state index in [1.807, 2.05) is 5.38 Å². The van der Waals surface area contributed by atoms with Crippen LogP contribution in [-0.2, 0) is 0 Å². The molecule has 2 heterocycles. The summed E-state index contributed by atoms with van der Waals surface area (Å²) in [5.41, 5.74) is 1.98. The Morgan fingerprint density at radius 3 is 2.89 bits per heavy atom. The Hall–Kier alpha value is -0.780. The molecule has 18 heavy (non-hydrogen) atoms. The number of thiophene rings is 1. The molecule has 0 saturated heterocycles. The van der Waals surface area contributed by atoms with Crippen LogP contribution in [0.2, 0.25) is 0 Å². The van der Waals surface area contributed by atoms with E-state index in [-0.39, 0.29) is 11.9 Å². The Morgan fingerprint density at radius 1 is 1.44 bits per heavy atom. The number of halogens is 2. The predicted octanol–water partition coefficient (Wildman–Crippen LogP) is 4.13. The summed E-state index contributed by atoms with van der Waals surface area (Å²) < 4.78 is 14.3. The number of hydrogen-bond acceptors (Lipinski definition) is 3. The second-order valence-corrected chi connectivity index (χ2v) is 5.60. The number of nitrogens with zero attached hydrogens (tertiary/aromatic N) is 1. The van der Waals surface area contributed by atoms with E-state index in [0.29, 0.717) is 0 Å². The van der Waals surface area contributed by atoms with E-state index in [4.69, 9.17) is 0 Å². The lowest BCUT2D eigenvalue weighted by molar-refractivity contribution is 0.580. The average molecular weight is 329 g/mol. The summed E-state index contributed by atoms with van der Waals surface area (Å²) in [6.07, 6.45) is 3.96. The molecule has 0 aliphatic heterocycles. The van der Waals surface area contributed by atoms with Crippen LogP contribution in [0, 0.1) is 5.82 Å². The Bertz CT molecular complexity index is 515. The van der Waals surface area contributed by atoms with Crippen LogP contribution in [0.25, 0.3) is 0 Å². The van der Waals surface area contributed by atoms with Crippen molar-refractivity contribution in [3.05, 3.63) is 50.6 Å². The molecule has 0 aliphatic rings. The van der Waals surface area contributed by atoms with Gasteiger partial charge in [0, 0.05) is 16.0 Å². The van der Waals surface area contributed by atoms with Crippen molar-refractivity contribution in [3.8, 4) is 0 Å². The van der Waals surface area contributed by atoms with E-state index in [1.165, 1.54) is 12.3 Å². The topological polar surface area (TPSA) is 24.9 Å². The van der Waals surface area contributed by atoms with Crippen molar-refractivity contribution in [2.45, 2.75) is 19.4 Å². The molecule has 0 aliphatic carbocycles. The van der Waals surface area contributed by atoms with Crippen LogP contribution in [0.5, 0.6) is 0 Å². The Kier molecular flexibility index (Phi) is 4.86. The predicted molar refractivity (Wildman–Crippen MR) is 76.4 cm³/mol. The molecule has 0 bridgehead atoms. The fraction of sp³-hybridized carbons (Fsp3) is 0.308. The molecule has 1 unspecified atom stereocenters. The van der Waals surface area contributed by atoms with E-state index in [1.54, 1.807) is 17.5 Å². The van der Waals surface area contributed by atoms with Crippen molar-refractivity contribution >= 4 is 27.3 Å². The fourth-order valence-electron chi connectivity index (χ4n) is 1.78. The Morgan fingerprint density at radius 2 is 2.28 bits per heavy atom. The molecule has 0 spiro atoms. The van der Waals surface area contributed by atoms with Crippen molar-refractivity contribution in [2.75, 3.05) is 6.54 Å². The van der Waals surface area contributed by atoms with Crippen LogP contribution in [0.1, 0.15) is 30.5 Å². The minimum absolute atomic E-state index is 0.0197. The quantitative estimate of drug-likeness (QED) is 0.892. The third-order valence-electron chi connectivity index (χ3n) is 2.61. The highest BCUT2D eigenvalue weighted by Crippen LogP contribution is 2.31. The molecule has 0 saturated carbocycles. The van der Waals surface area contributed by atoms with Crippen LogP contribution in [0.4, 0.5) is 4.39 Å². The van der Waals surface area contributed by atoms with Crippen LogP contribution >= 0.6 is 27.3 Å². The number of rotatable bonds is 5. The highest BCUT2D eigenvalue weighted by Gasteiger charge is 2.17. The molecule has 2 rings (SSSR count). The number of hydrogen-bond donors (Lipinski definition) is 1. The van der Waals surface area contributed by atoms with Crippen molar-refractivity contribution in [1.29, 1.82) is 0 Å². The fourth-order valence-corrected chi connectivity index (χ4v) is 3.33. The highest BCUT2D eigenvalue weighted by molar-refractivity contribution is 9.10.